The standard InChI is InChI=1S/C9H13NO3S/c1-7-3-4-8(6-11)5-9(7)14(12,13)10-2/h3-5,10-11H,6H2,1-2H3. The lowest BCUT2D eigenvalue weighted by Gasteiger charge is -2.07. The van der Waals surface area contributed by atoms with Gasteiger partial charge in [-0.25, -0.2) is 13.1 Å². The van der Waals surface area contributed by atoms with Gasteiger partial charge in [-0.05, 0) is 31.2 Å². The van der Waals surface area contributed by atoms with Crippen molar-refractivity contribution in [3.63, 3.8) is 0 Å². The molecule has 0 saturated heterocycles. The Morgan fingerprint density at radius 2 is 2.07 bits per heavy atom. The van der Waals surface area contributed by atoms with Crippen LogP contribution in [0.4, 0.5) is 0 Å². The first kappa shape index (κ1) is 11.2. The molecule has 78 valence electrons. The van der Waals surface area contributed by atoms with Gasteiger partial charge in [0, 0.05) is 0 Å². The van der Waals surface area contributed by atoms with E-state index in [1.165, 1.54) is 13.1 Å². The van der Waals surface area contributed by atoms with Crippen molar-refractivity contribution in [2.45, 2.75) is 18.4 Å². The average Bonchev–Trinajstić information content (AvgIpc) is 2.18. The predicted molar refractivity (Wildman–Crippen MR) is 53.3 cm³/mol. The van der Waals surface area contributed by atoms with Crippen LogP contribution in [0.5, 0.6) is 0 Å². The highest BCUT2D eigenvalue weighted by molar-refractivity contribution is 7.89. The van der Waals surface area contributed by atoms with Crippen LogP contribution in [0, 0.1) is 6.92 Å². The van der Waals surface area contributed by atoms with E-state index in [9.17, 15) is 8.42 Å². The molecular formula is C9H13NO3S. The van der Waals surface area contributed by atoms with Crippen LogP contribution in [0.3, 0.4) is 0 Å². The van der Waals surface area contributed by atoms with Gasteiger partial charge in [-0.3, -0.25) is 0 Å². The second-order valence-corrected chi connectivity index (χ2v) is 4.82. The molecule has 1 aromatic carbocycles. The van der Waals surface area contributed by atoms with Gasteiger partial charge < -0.3 is 5.11 Å². The molecule has 0 amide bonds. The van der Waals surface area contributed by atoms with Crippen LogP contribution < -0.4 is 4.72 Å². The zero-order valence-corrected chi connectivity index (χ0v) is 8.93. The van der Waals surface area contributed by atoms with Crippen LogP contribution in [-0.2, 0) is 16.6 Å². The van der Waals surface area contributed by atoms with Gasteiger partial charge in [0.2, 0.25) is 10.0 Å². The molecule has 2 N–H and O–H groups in total. The minimum atomic E-state index is -3.42. The van der Waals surface area contributed by atoms with Crippen molar-refractivity contribution in [1.29, 1.82) is 0 Å². The van der Waals surface area contributed by atoms with E-state index in [4.69, 9.17) is 5.11 Å². The SMILES string of the molecule is CNS(=O)(=O)c1cc(CO)ccc1C. The van der Waals surface area contributed by atoms with E-state index in [-0.39, 0.29) is 11.5 Å². The molecule has 0 aromatic heterocycles. The number of aliphatic hydroxyl groups excluding tert-OH is 1. The fourth-order valence-electron chi connectivity index (χ4n) is 1.14. The van der Waals surface area contributed by atoms with Crippen molar-refractivity contribution < 1.29 is 13.5 Å². The highest BCUT2D eigenvalue weighted by atomic mass is 32.2. The Morgan fingerprint density at radius 1 is 1.43 bits per heavy atom. The quantitative estimate of drug-likeness (QED) is 0.766. The maximum absolute atomic E-state index is 11.5. The van der Waals surface area contributed by atoms with E-state index >= 15 is 0 Å². The minimum absolute atomic E-state index is 0.160. The number of hydrogen-bond donors (Lipinski definition) is 2. The van der Waals surface area contributed by atoms with E-state index in [2.05, 4.69) is 4.72 Å². The maximum atomic E-state index is 11.5. The number of aryl methyl sites for hydroxylation is 1. The Kier molecular flexibility index (Phi) is 3.25. The molecule has 1 rings (SSSR count). The van der Waals surface area contributed by atoms with Gasteiger partial charge in [-0.1, -0.05) is 12.1 Å². The van der Waals surface area contributed by atoms with E-state index < -0.39 is 10.0 Å². The highest BCUT2D eigenvalue weighted by Gasteiger charge is 2.14. The molecule has 1 aromatic rings. The summed E-state index contributed by atoms with van der Waals surface area (Å²) in [7, 11) is -2.06. The zero-order chi connectivity index (χ0) is 10.8. The number of sulfonamides is 1. The van der Waals surface area contributed by atoms with E-state index in [1.807, 2.05) is 0 Å². The van der Waals surface area contributed by atoms with Crippen molar-refractivity contribution in [2.75, 3.05) is 7.05 Å². The minimum Gasteiger partial charge on any atom is -0.392 e. The summed E-state index contributed by atoms with van der Waals surface area (Å²) < 4.78 is 25.2. The van der Waals surface area contributed by atoms with Crippen LogP contribution in [0.25, 0.3) is 0 Å². The maximum Gasteiger partial charge on any atom is 0.240 e. The third-order valence-electron chi connectivity index (χ3n) is 1.99. The second kappa shape index (κ2) is 4.08. The first-order valence-corrected chi connectivity index (χ1v) is 5.63. The number of rotatable bonds is 3. The molecule has 0 radical (unpaired) electrons. The predicted octanol–water partition coefficient (Wildman–Crippen LogP) is 0.395. The summed E-state index contributed by atoms with van der Waals surface area (Å²) in [6.45, 7) is 1.55. The van der Waals surface area contributed by atoms with Crippen LogP contribution in [0.1, 0.15) is 11.1 Å². The van der Waals surface area contributed by atoms with Gasteiger partial charge in [0.15, 0.2) is 0 Å². The Morgan fingerprint density at radius 3 is 2.57 bits per heavy atom. The number of benzene rings is 1. The van der Waals surface area contributed by atoms with Gasteiger partial charge >= 0.3 is 0 Å². The fourth-order valence-corrected chi connectivity index (χ4v) is 2.16. The molecule has 0 aliphatic heterocycles. The normalized spacial score (nSPS) is 11.6. The van der Waals surface area contributed by atoms with Crippen LogP contribution in [0.15, 0.2) is 23.1 Å². The van der Waals surface area contributed by atoms with Gasteiger partial charge in [0.1, 0.15) is 0 Å². The summed E-state index contributed by atoms with van der Waals surface area (Å²) in [5, 5.41) is 8.88. The third-order valence-corrected chi connectivity index (χ3v) is 3.55. The molecule has 0 saturated carbocycles. The lowest BCUT2D eigenvalue weighted by Crippen LogP contribution is -2.19. The van der Waals surface area contributed by atoms with E-state index in [1.54, 1.807) is 19.1 Å². The largest absolute Gasteiger partial charge is 0.392 e. The van der Waals surface area contributed by atoms with Gasteiger partial charge in [-0.2, -0.15) is 0 Å². The fraction of sp³-hybridized carbons (Fsp3) is 0.333. The smallest absolute Gasteiger partial charge is 0.240 e. The molecule has 5 heteroatoms. The Hall–Kier alpha value is -0.910. The zero-order valence-electron chi connectivity index (χ0n) is 8.11. The summed E-state index contributed by atoms with van der Waals surface area (Å²) in [6, 6.07) is 4.85. The molecule has 0 spiro atoms. The molecule has 4 nitrogen and oxygen atoms in total. The summed E-state index contributed by atoms with van der Waals surface area (Å²) in [4.78, 5) is 0.214. The highest BCUT2D eigenvalue weighted by Crippen LogP contribution is 2.16. The van der Waals surface area contributed by atoms with Gasteiger partial charge in [0.25, 0.3) is 0 Å². The van der Waals surface area contributed by atoms with Crippen molar-refractivity contribution >= 4 is 10.0 Å². The number of nitrogens with one attached hydrogen (secondary N) is 1. The monoisotopic (exact) mass is 215 g/mol. The average molecular weight is 215 g/mol. The summed E-state index contributed by atoms with van der Waals surface area (Å²) in [5.74, 6) is 0. The van der Waals surface area contributed by atoms with Crippen LogP contribution >= 0.6 is 0 Å². The molecule has 14 heavy (non-hydrogen) atoms. The van der Waals surface area contributed by atoms with Crippen molar-refractivity contribution in [3.8, 4) is 0 Å². The molecule has 0 bridgehead atoms. The molecule has 0 aliphatic rings. The molecule has 0 unspecified atom stereocenters. The van der Waals surface area contributed by atoms with Gasteiger partial charge in [-0.15, -0.1) is 0 Å². The Labute approximate surface area is 83.6 Å². The Balaban J connectivity index is 3.33. The molecule has 0 aliphatic carbocycles. The Bertz CT molecular complexity index is 426. The first-order chi connectivity index (χ1) is 6.51. The third kappa shape index (κ3) is 2.12. The van der Waals surface area contributed by atoms with E-state index in [0.29, 0.717) is 11.1 Å². The topological polar surface area (TPSA) is 66.4 Å². The van der Waals surface area contributed by atoms with Crippen LogP contribution in [-0.4, -0.2) is 20.6 Å². The lowest BCUT2D eigenvalue weighted by molar-refractivity contribution is 0.281. The van der Waals surface area contributed by atoms with Crippen molar-refractivity contribution in [2.24, 2.45) is 0 Å². The van der Waals surface area contributed by atoms with Gasteiger partial charge in [0.05, 0.1) is 11.5 Å². The molecule has 0 atom stereocenters. The molecular weight excluding hydrogens is 202 g/mol. The number of aliphatic hydroxyl groups is 1. The van der Waals surface area contributed by atoms with Crippen molar-refractivity contribution in [1.82, 2.24) is 4.72 Å². The summed E-state index contributed by atoms with van der Waals surface area (Å²) >= 11 is 0. The summed E-state index contributed by atoms with van der Waals surface area (Å²) in [5.41, 5.74) is 1.25. The number of hydrogen-bond acceptors (Lipinski definition) is 3. The lowest BCUT2D eigenvalue weighted by atomic mass is 10.2. The van der Waals surface area contributed by atoms with Crippen molar-refractivity contribution in [3.05, 3.63) is 29.3 Å². The van der Waals surface area contributed by atoms with E-state index in [0.717, 1.165) is 0 Å². The first-order valence-electron chi connectivity index (χ1n) is 4.15. The summed E-state index contributed by atoms with van der Waals surface area (Å²) in [6.07, 6.45) is 0. The van der Waals surface area contributed by atoms with Crippen LogP contribution in [0.2, 0.25) is 0 Å². The second-order valence-electron chi connectivity index (χ2n) is 2.97. The molecule has 0 fully saturated rings. The molecule has 0 heterocycles.